The Hall–Kier alpha value is -2.37. The molecule has 1 heterocycles. The number of hydrazine groups is 1. The first-order valence-electron chi connectivity index (χ1n) is 11.8. The minimum Gasteiger partial charge on any atom is -0.369 e. The summed E-state index contributed by atoms with van der Waals surface area (Å²) in [5.41, 5.74) is 5.05. The van der Waals surface area contributed by atoms with Gasteiger partial charge in [-0.3, -0.25) is 9.80 Å². The van der Waals surface area contributed by atoms with Crippen molar-refractivity contribution in [1.82, 2.24) is 14.9 Å². The molecule has 2 aromatic rings. The first-order valence-corrected chi connectivity index (χ1v) is 11.8. The molecule has 1 fully saturated rings. The van der Waals surface area contributed by atoms with Crippen LogP contribution in [0.4, 0.5) is 5.69 Å². The molecule has 0 aromatic heterocycles. The molecule has 1 aliphatic heterocycles. The van der Waals surface area contributed by atoms with Crippen LogP contribution < -0.4 is 4.90 Å². The molecule has 1 aliphatic carbocycles. The van der Waals surface area contributed by atoms with Crippen molar-refractivity contribution in [1.29, 1.82) is 0 Å². The Balaban J connectivity index is 1.64. The Morgan fingerprint density at radius 1 is 0.968 bits per heavy atom. The molecule has 5 nitrogen and oxygen atoms in total. The van der Waals surface area contributed by atoms with Gasteiger partial charge in [-0.1, -0.05) is 44.2 Å². The number of hydrogen-bond donors (Lipinski definition) is 0. The van der Waals surface area contributed by atoms with Crippen molar-refractivity contribution >= 4 is 11.6 Å². The highest BCUT2D eigenvalue weighted by Gasteiger charge is 2.33. The van der Waals surface area contributed by atoms with Crippen LogP contribution in [0.25, 0.3) is 0 Å². The first-order chi connectivity index (χ1) is 15.1. The Kier molecular flexibility index (Phi) is 6.93. The van der Waals surface area contributed by atoms with Gasteiger partial charge in [0.2, 0.25) is 0 Å². The highest BCUT2D eigenvalue weighted by Crippen LogP contribution is 2.33. The number of anilines is 1. The van der Waals surface area contributed by atoms with Crippen LogP contribution in [0.1, 0.15) is 41.8 Å². The van der Waals surface area contributed by atoms with Crippen LogP contribution in [-0.4, -0.2) is 73.2 Å². The van der Waals surface area contributed by atoms with Gasteiger partial charge in [-0.25, -0.2) is 5.01 Å². The Morgan fingerprint density at radius 2 is 1.68 bits per heavy atom. The van der Waals surface area contributed by atoms with Crippen molar-refractivity contribution in [3.8, 4) is 0 Å². The summed E-state index contributed by atoms with van der Waals surface area (Å²) < 4.78 is 0. The molecule has 1 saturated heterocycles. The summed E-state index contributed by atoms with van der Waals surface area (Å²) in [6.07, 6.45) is 2.96. The molecule has 1 atom stereocenters. The molecule has 0 N–H and O–H groups in total. The SMILES string of the molecule is CCN(CC)N(C(=O)c1ccccc1)C1CCc2cccc(N3CCN(C)CC3)c2C1. The van der Waals surface area contributed by atoms with Gasteiger partial charge in [0.05, 0.1) is 6.04 Å². The highest BCUT2D eigenvalue weighted by molar-refractivity contribution is 5.94. The van der Waals surface area contributed by atoms with Crippen molar-refractivity contribution in [2.24, 2.45) is 0 Å². The average molecular weight is 421 g/mol. The predicted molar refractivity (Wildman–Crippen MR) is 127 cm³/mol. The number of benzene rings is 2. The summed E-state index contributed by atoms with van der Waals surface area (Å²) in [7, 11) is 2.20. The van der Waals surface area contributed by atoms with Crippen molar-refractivity contribution in [3.63, 3.8) is 0 Å². The van der Waals surface area contributed by atoms with E-state index >= 15 is 0 Å². The fraction of sp³-hybridized carbons (Fsp3) is 0.500. The van der Waals surface area contributed by atoms with Gasteiger partial charge in [-0.2, -0.15) is 0 Å². The largest absolute Gasteiger partial charge is 0.369 e. The van der Waals surface area contributed by atoms with Crippen LogP contribution in [0, 0.1) is 0 Å². The average Bonchev–Trinajstić information content (AvgIpc) is 2.82. The number of nitrogens with zero attached hydrogens (tertiary/aromatic N) is 4. The molecular formula is C26H36N4O. The van der Waals surface area contributed by atoms with Crippen molar-refractivity contribution in [3.05, 3.63) is 65.2 Å². The van der Waals surface area contributed by atoms with E-state index in [-0.39, 0.29) is 11.9 Å². The second-order valence-corrected chi connectivity index (χ2v) is 8.76. The summed E-state index contributed by atoms with van der Waals surface area (Å²) in [5, 5.41) is 4.28. The molecule has 0 bridgehead atoms. The molecule has 2 aliphatic rings. The van der Waals surface area contributed by atoms with Crippen LogP contribution in [0.5, 0.6) is 0 Å². The fourth-order valence-electron chi connectivity index (χ4n) is 5.07. The summed E-state index contributed by atoms with van der Waals surface area (Å²) in [5.74, 6) is 0.120. The zero-order valence-corrected chi connectivity index (χ0v) is 19.3. The standard InChI is InChI=1S/C26H36N4O/c1-4-29(5-2)30(26(31)22-10-7-6-8-11-22)23-15-14-21-12-9-13-25(24(21)20-23)28-18-16-27(3)17-19-28/h6-13,23H,4-5,14-20H2,1-3H3. The Bertz CT molecular complexity index is 872. The molecule has 166 valence electrons. The van der Waals surface area contributed by atoms with E-state index in [2.05, 4.69) is 58.9 Å². The maximum absolute atomic E-state index is 13.6. The van der Waals surface area contributed by atoms with E-state index in [0.29, 0.717) is 0 Å². The number of rotatable bonds is 6. The monoisotopic (exact) mass is 420 g/mol. The number of hydrogen-bond acceptors (Lipinski definition) is 4. The number of aryl methyl sites for hydroxylation is 1. The van der Waals surface area contributed by atoms with Crippen LogP contribution in [0.2, 0.25) is 0 Å². The zero-order chi connectivity index (χ0) is 21.8. The van der Waals surface area contributed by atoms with Crippen molar-refractivity contribution in [2.45, 2.75) is 39.2 Å². The van der Waals surface area contributed by atoms with Gasteiger partial charge in [0, 0.05) is 50.5 Å². The number of carbonyl (C=O) groups is 1. The summed E-state index contributed by atoms with van der Waals surface area (Å²) in [6, 6.07) is 16.7. The summed E-state index contributed by atoms with van der Waals surface area (Å²) in [6.45, 7) is 10.3. The lowest BCUT2D eigenvalue weighted by molar-refractivity contribution is -0.0339. The number of fused-ring (bicyclic) bond motifs is 1. The van der Waals surface area contributed by atoms with Gasteiger partial charge < -0.3 is 9.80 Å². The predicted octanol–water partition coefficient (Wildman–Crippen LogP) is 3.69. The molecule has 5 heteroatoms. The van der Waals surface area contributed by atoms with Crippen LogP contribution in [-0.2, 0) is 12.8 Å². The van der Waals surface area contributed by atoms with Gasteiger partial charge in [-0.15, -0.1) is 0 Å². The molecular weight excluding hydrogens is 384 g/mol. The maximum atomic E-state index is 13.6. The second-order valence-electron chi connectivity index (χ2n) is 8.76. The molecule has 2 aromatic carbocycles. The van der Waals surface area contributed by atoms with Crippen molar-refractivity contribution in [2.75, 3.05) is 51.2 Å². The summed E-state index contributed by atoms with van der Waals surface area (Å²) in [4.78, 5) is 18.5. The van der Waals surface area contributed by atoms with Crippen LogP contribution in [0.3, 0.4) is 0 Å². The minimum atomic E-state index is 0.120. The molecule has 4 rings (SSSR count). The van der Waals surface area contributed by atoms with E-state index in [0.717, 1.165) is 64.1 Å². The fourth-order valence-corrected chi connectivity index (χ4v) is 5.07. The number of likely N-dealkylation sites (N-methyl/N-ethyl adjacent to an activating group) is 1. The van der Waals surface area contributed by atoms with E-state index in [1.54, 1.807) is 0 Å². The first kappa shape index (κ1) is 21.8. The normalized spacial score (nSPS) is 19.4. The summed E-state index contributed by atoms with van der Waals surface area (Å²) >= 11 is 0. The lowest BCUT2D eigenvalue weighted by Gasteiger charge is -2.43. The molecule has 0 saturated carbocycles. The topological polar surface area (TPSA) is 30.0 Å². The number of amides is 1. The lowest BCUT2D eigenvalue weighted by atomic mass is 9.86. The van der Waals surface area contributed by atoms with Gasteiger partial charge in [-0.05, 0) is 55.6 Å². The number of piperazine rings is 1. The van der Waals surface area contributed by atoms with E-state index in [1.807, 2.05) is 30.3 Å². The smallest absolute Gasteiger partial charge is 0.268 e. The lowest BCUT2D eigenvalue weighted by Crippen LogP contribution is -2.54. The third-order valence-electron chi connectivity index (χ3n) is 6.89. The van der Waals surface area contributed by atoms with E-state index in [1.165, 1.54) is 16.8 Å². The van der Waals surface area contributed by atoms with Gasteiger partial charge >= 0.3 is 0 Å². The molecule has 0 spiro atoms. The van der Waals surface area contributed by atoms with E-state index in [9.17, 15) is 4.79 Å². The van der Waals surface area contributed by atoms with Crippen LogP contribution >= 0.6 is 0 Å². The highest BCUT2D eigenvalue weighted by atomic mass is 16.2. The van der Waals surface area contributed by atoms with Gasteiger partial charge in [0.15, 0.2) is 0 Å². The minimum absolute atomic E-state index is 0.120. The number of carbonyl (C=O) groups excluding carboxylic acids is 1. The van der Waals surface area contributed by atoms with Gasteiger partial charge in [0.1, 0.15) is 0 Å². The van der Waals surface area contributed by atoms with Crippen LogP contribution in [0.15, 0.2) is 48.5 Å². The Morgan fingerprint density at radius 3 is 2.35 bits per heavy atom. The molecule has 1 amide bonds. The van der Waals surface area contributed by atoms with Crippen molar-refractivity contribution < 1.29 is 4.79 Å². The van der Waals surface area contributed by atoms with E-state index in [4.69, 9.17) is 0 Å². The zero-order valence-electron chi connectivity index (χ0n) is 19.3. The quantitative estimate of drug-likeness (QED) is 0.667. The second kappa shape index (κ2) is 9.84. The Labute approximate surface area is 187 Å². The van der Waals surface area contributed by atoms with E-state index < -0.39 is 0 Å². The molecule has 1 unspecified atom stereocenters. The maximum Gasteiger partial charge on any atom is 0.268 e. The molecule has 0 radical (unpaired) electrons. The molecule has 31 heavy (non-hydrogen) atoms. The third-order valence-corrected chi connectivity index (χ3v) is 6.89. The third kappa shape index (κ3) is 4.63. The van der Waals surface area contributed by atoms with Gasteiger partial charge in [0.25, 0.3) is 5.91 Å².